The Labute approximate surface area is 127 Å². The van der Waals surface area contributed by atoms with Crippen molar-refractivity contribution in [1.29, 1.82) is 0 Å². The molecule has 20 heavy (non-hydrogen) atoms. The third-order valence-electron chi connectivity index (χ3n) is 3.19. The molecule has 0 aliphatic heterocycles. The van der Waals surface area contributed by atoms with E-state index in [0.29, 0.717) is 0 Å². The lowest BCUT2D eigenvalue weighted by molar-refractivity contribution is 0.324. The molecule has 0 aliphatic rings. The number of nitrogens with zero attached hydrogens (tertiary/aromatic N) is 3. The summed E-state index contributed by atoms with van der Waals surface area (Å²) in [6.45, 7) is 7.72. The molecule has 0 bridgehead atoms. The standard InChI is InChI=1S/C13H21N5S2/c1-3-18(4-2)6-8-19-9-11-15-12(17-14)10-5-7-20-13(10)16-11/h5,7H,3-4,6,8-9,14H2,1-2H3,(H,15,16,17). The lowest BCUT2D eigenvalue weighted by Crippen LogP contribution is -2.25. The van der Waals surface area contributed by atoms with Crippen molar-refractivity contribution >= 4 is 39.1 Å². The number of rotatable bonds is 8. The summed E-state index contributed by atoms with van der Waals surface area (Å²) in [6.07, 6.45) is 0. The van der Waals surface area contributed by atoms with E-state index < -0.39 is 0 Å². The van der Waals surface area contributed by atoms with Crippen molar-refractivity contribution < 1.29 is 0 Å². The van der Waals surface area contributed by atoms with E-state index in [4.69, 9.17) is 5.84 Å². The fourth-order valence-electron chi connectivity index (χ4n) is 1.97. The highest BCUT2D eigenvalue weighted by atomic mass is 32.2. The SMILES string of the molecule is CCN(CC)CCSCc1nc(NN)c2ccsc2n1. The van der Waals surface area contributed by atoms with Crippen LogP contribution in [0.3, 0.4) is 0 Å². The zero-order valence-corrected chi connectivity index (χ0v) is 13.6. The molecule has 2 aromatic heterocycles. The van der Waals surface area contributed by atoms with Crippen LogP contribution in [0.1, 0.15) is 19.7 Å². The topological polar surface area (TPSA) is 67.1 Å². The highest BCUT2D eigenvalue weighted by Gasteiger charge is 2.08. The predicted octanol–water partition coefficient (Wildman–Crippen LogP) is 2.55. The van der Waals surface area contributed by atoms with E-state index in [1.807, 2.05) is 23.2 Å². The molecule has 2 heterocycles. The number of anilines is 1. The summed E-state index contributed by atoms with van der Waals surface area (Å²) < 4.78 is 0. The van der Waals surface area contributed by atoms with Gasteiger partial charge in [-0.05, 0) is 24.5 Å². The Morgan fingerprint density at radius 1 is 1.35 bits per heavy atom. The summed E-state index contributed by atoms with van der Waals surface area (Å²) in [5.74, 6) is 9.01. The predicted molar refractivity (Wildman–Crippen MR) is 89.2 cm³/mol. The van der Waals surface area contributed by atoms with Gasteiger partial charge in [-0.15, -0.1) is 11.3 Å². The Balaban J connectivity index is 1.93. The number of nitrogens with one attached hydrogen (secondary N) is 1. The zero-order valence-electron chi connectivity index (χ0n) is 11.9. The van der Waals surface area contributed by atoms with Gasteiger partial charge >= 0.3 is 0 Å². The summed E-state index contributed by atoms with van der Waals surface area (Å²) in [6, 6.07) is 1.99. The fraction of sp³-hybridized carbons (Fsp3) is 0.538. The fourth-order valence-corrected chi connectivity index (χ4v) is 3.60. The summed E-state index contributed by atoms with van der Waals surface area (Å²) in [7, 11) is 0. The minimum Gasteiger partial charge on any atom is -0.308 e. The van der Waals surface area contributed by atoms with Crippen LogP contribution in [0.2, 0.25) is 0 Å². The number of hydrazine groups is 1. The minimum atomic E-state index is 0.718. The number of thioether (sulfide) groups is 1. The number of fused-ring (bicyclic) bond motifs is 1. The van der Waals surface area contributed by atoms with Crippen LogP contribution in [0.4, 0.5) is 5.82 Å². The van der Waals surface area contributed by atoms with Gasteiger partial charge in [-0.1, -0.05) is 13.8 Å². The molecule has 0 amide bonds. The quantitative estimate of drug-likeness (QED) is 0.444. The van der Waals surface area contributed by atoms with Crippen molar-refractivity contribution in [2.45, 2.75) is 19.6 Å². The van der Waals surface area contributed by atoms with Crippen LogP contribution in [-0.4, -0.2) is 40.3 Å². The smallest absolute Gasteiger partial charge is 0.152 e. The maximum Gasteiger partial charge on any atom is 0.152 e. The summed E-state index contributed by atoms with van der Waals surface area (Å²) in [5.41, 5.74) is 2.66. The Hall–Kier alpha value is -0.890. The Morgan fingerprint density at radius 2 is 2.15 bits per heavy atom. The van der Waals surface area contributed by atoms with Gasteiger partial charge in [0.1, 0.15) is 10.7 Å². The summed E-state index contributed by atoms with van der Waals surface area (Å²) >= 11 is 3.48. The molecule has 7 heteroatoms. The number of nitrogens with two attached hydrogens (primary N) is 1. The molecule has 0 radical (unpaired) electrons. The first-order valence-electron chi connectivity index (χ1n) is 6.79. The van der Waals surface area contributed by atoms with Crippen molar-refractivity contribution in [2.75, 3.05) is 30.8 Å². The van der Waals surface area contributed by atoms with Crippen molar-refractivity contribution in [3.63, 3.8) is 0 Å². The molecule has 0 aromatic carbocycles. The first-order valence-corrected chi connectivity index (χ1v) is 8.82. The second-order valence-electron chi connectivity index (χ2n) is 4.35. The Kier molecular flexibility index (Phi) is 6.03. The number of thiophene rings is 1. The molecule has 0 fully saturated rings. The van der Waals surface area contributed by atoms with Gasteiger partial charge in [0.25, 0.3) is 0 Å². The van der Waals surface area contributed by atoms with Crippen molar-refractivity contribution in [2.24, 2.45) is 5.84 Å². The van der Waals surface area contributed by atoms with Gasteiger partial charge in [0, 0.05) is 12.3 Å². The largest absolute Gasteiger partial charge is 0.308 e. The molecule has 0 aliphatic carbocycles. The molecule has 0 saturated heterocycles. The molecular weight excluding hydrogens is 290 g/mol. The number of nitrogen functional groups attached to an aromatic ring is 1. The molecule has 2 aromatic rings. The molecular formula is C13H21N5S2. The van der Waals surface area contributed by atoms with Gasteiger partial charge in [-0.3, -0.25) is 0 Å². The molecule has 0 saturated carbocycles. The van der Waals surface area contributed by atoms with Crippen LogP contribution < -0.4 is 11.3 Å². The van der Waals surface area contributed by atoms with Crippen LogP contribution >= 0.6 is 23.1 Å². The highest BCUT2D eigenvalue weighted by Crippen LogP contribution is 2.25. The van der Waals surface area contributed by atoms with E-state index in [1.165, 1.54) is 0 Å². The average Bonchev–Trinajstić information content (AvgIpc) is 2.95. The van der Waals surface area contributed by atoms with E-state index in [1.54, 1.807) is 11.3 Å². The van der Waals surface area contributed by atoms with E-state index in [2.05, 4.69) is 34.1 Å². The van der Waals surface area contributed by atoms with Crippen LogP contribution in [0, 0.1) is 0 Å². The van der Waals surface area contributed by atoms with Crippen molar-refractivity contribution in [1.82, 2.24) is 14.9 Å². The molecule has 5 nitrogen and oxygen atoms in total. The normalized spacial score (nSPS) is 11.4. The maximum absolute atomic E-state index is 5.53. The van der Waals surface area contributed by atoms with Gasteiger partial charge in [0.05, 0.1) is 11.1 Å². The summed E-state index contributed by atoms with van der Waals surface area (Å²) in [4.78, 5) is 12.5. The molecule has 0 spiro atoms. The molecule has 3 N–H and O–H groups in total. The van der Waals surface area contributed by atoms with E-state index in [-0.39, 0.29) is 0 Å². The molecule has 110 valence electrons. The Morgan fingerprint density at radius 3 is 2.85 bits per heavy atom. The summed E-state index contributed by atoms with van der Waals surface area (Å²) in [5, 5.41) is 3.01. The first kappa shape index (κ1) is 15.5. The zero-order chi connectivity index (χ0) is 14.4. The van der Waals surface area contributed by atoms with Gasteiger partial charge < -0.3 is 10.3 Å². The lowest BCUT2D eigenvalue weighted by Gasteiger charge is -2.17. The molecule has 0 atom stereocenters. The third kappa shape index (κ3) is 3.82. The van der Waals surface area contributed by atoms with E-state index in [9.17, 15) is 0 Å². The van der Waals surface area contributed by atoms with E-state index in [0.717, 1.165) is 53.0 Å². The lowest BCUT2D eigenvalue weighted by atomic mass is 10.4. The third-order valence-corrected chi connectivity index (χ3v) is 4.93. The number of aromatic nitrogens is 2. The van der Waals surface area contributed by atoms with Crippen molar-refractivity contribution in [3.8, 4) is 0 Å². The van der Waals surface area contributed by atoms with Gasteiger partial charge in [0.15, 0.2) is 5.82 Å². The van der Waals surface area contributed by atoms with E-state index >= 15 is 0 Å². The van der Waals surface area contributed by atoms with Crippen LogP contribution in [0.5, 0.6) is 0 Å². The highest BCUT2D eigenvalue weighted by molar-refractivity contribution is 7.98. The first-order chi connectivity index (χ1) is 9.78. The monoisotopic (exact) mass is 311 g/mol. The van der Waals surface area contributed by atoms with Crippen molar-refractivity contribution in [3.05, 3.63) is 17.3 Å². The van der Waals surface area contributed by atoms with Gasteiger partial charge in [-0.2, -0.15) is 11.8 Å². The number of hydrogen-bond donors (Lipinski definition) is 2. The van der Waals surface area contributed by atoms with Gasteiger partial charge in [-0.25, -0.2) is 15.8 Å². The average molecular weight is 311 g/mol. The number of hydrogen-bond acceptors (Lipinski definition) is 7. The van der Waals surface area contributed by atoms with Crippen LogP contribution in [0.25, 0.3) is 10.2 Å². The second-order valence-corrected chi connectivity index (χ2v) is 6.35. The second kappa shape index (κ2) is 7.78. The Bertz CT molecular complexity index is 539. The van der Waals surface area contributed by atoms with Crippen LogP contribution in [-0.2, 0) is 5.75 Å². The minimum absolute atomic E-state index is 0.718. The molecule has 0 unspecified atom stereocenters. The van der Waals surface area contributed by atoms with Crippen LogP contribution in [0.15, 0.2) is 11.4 Å². The van der Waals surface area contributed by atoms with Gasteiger partial charge in [0.2, 0.25) is 0 Å². The molecule has 2 rings (SSSR count). The maximum atomic E-state index is 5.53.